The number of benzene rings is 1. The molecular weight excluding hydrogens is 240 g/mol. The topological polar surface area (TPSA) is 30.5 Å². The van der Waals surface area contributed by atoms with Crippen LogP contribution in [-0.4, -0.2) is 32.8 Å². The van der Waals surface area contributed by atoms with Crippen molar-refractivity contribution < 1.29 is 18.3 Å². The van der Waals surface area contributed by atoms with Crippen molar-refractivity contribution in [1.29, 1.82) is 0 Å². The van der Waals surface area contributed by atoms with Crippen LogP contribution < -0.4 is 10.1 Å². The Bertz CT molecular complexity index is 335. The van der Waals surface area contributed by atoms with Gasteiger partial charge in [0, 0.05) is 13.1 Å². The van der Waals surface area contributed by atoms with Gasteiger partial charge in [0.25, 0.3) is 6.43 Å². The van der Waals surface area contributed by atoms with Gasteiger partial charge in [0.1, 0.15) is 12.4 Å². The van der Waals surface area contributed by atoms with Gasteiger partial charge >= 0.3 is 0 Å². The lowest BCUT2D eigenvalue weighted by molar-refractivity contribution is 0.0187. The Balaban J connectivity index is 2.16. The van der Waals surface area contributed by atoms with Gasteiger partial charge in [0.2, 0.25) is 0 Å². The van der Waals surface area contributed by atoms with Crippen molar-refractivity contribution in [2.45, 2.75) is 19.9 Å². The molecule has 0 fully saturated rings. The summed E-state index contributed by atoms with van der Waals surface area (Å²) in [6, 6.07) is 7.76. The normalized spacial score (nSPS) is 10.9. The molecule has 5 heteroatoms. The van der Waals surface area contributed by atoms with Crippen LogP contribution in [0, 0.1) is 0 Å². The molecule has 1 rings (SSSR count). The summed E-state index contributed by atoms with van der Waals surface area (Å²) in [4.78, 5) is 0. The van der Waals surface area contributed by atoms with Gasteiger partial charge < -0.3 is 14.8 Å². The van der Waals surface area contributed by atoms with Crippen LogP contribution in [0.3, 0.4) is 0 Å². The van der Waals surface area contributed by atoms with Gasteiger partial charge in [-0.3, -0.25) is 0 Å². The second kappa shape index (κ2) is 8.83. The SMILES string of the molecule is CCOc1cccc(CNCCOCC(F)F)c1. The quantitative estimate of drug-likeness (QED) is 0.691. The Morgan fingerprint density at radius 3 is 2.89 bits per heavy atom. The van der Waals surface area contributed by atoms with Crippen molar-refractivity contribution >= 4 is 0 Å². The lowest BCUT2D eigenvalue weighted by Gasteiger charge is -2.08. The number of hydrogen-bond acceptors (Lipinski definition) is 3. The van der Waals surface area contributed by atoms with Gasteiger partial charge in [-0.1, -0.05) is 12.1 Å². The average Bonchev–Trinajstić information content (AvgIpc) is 2.34. The molecule has 0 amide bonds. The third kappa shape index (κ3) is 6.51. The van der Waals surface area contributed by atoms with Gasteiger partial charge in [-0.25, -0.2) is 8.78 Å². The Kier molecular flexibility index (Phi) is 7.29. The highest BCUT2D eigenvalue weighted by Crippen LogP contribution is 2.12. The van der Waals surface area contributed by atoms with Crippen LogP contribution in [-0.2, 0) is 11.3 Å². The Morgan fingerprint density at radius 1 is 1.33 bits per heavy atom. The summed E-state index contributed by atoms with van der Waals surface area (Å²) in [5.41, 5.74) is 1.09. The molecule has 0 aliphatic carbocycles. The van der Waals surface area contributed by atoms with Gasteiger partial charge in [-0.05, 0) is 24.6 Å². The smallest absolute Gasteiger partial charge is 0.261 e. The van der Waals surface area contributed by atoms with E-state index in [1.807, 2.05) is 31.2 Å². The zero-order valence-corrected chi connectivity index (χ0v) is 10.5. The summed E-state index contributed by atoms with van der Waals surface area (Å²) in [5.74, 6) is 0.839. The van der Waals surface area contributed by atoms with Crippen molar-refractivity contribution in [3.8, 4) is 5.75 Å². The van der Waals surface area contributed by atoms with Crippen molar-refractivity contribution in [3.05, 3.63) is 29.8 Å². The molecule has 3 nitrogen and oxygen atoms in total. The lowest BCUT2D eigenvalue weighted by Crippen LogP contribution is -2.20. The largest absolute Gasteiger partial charge is 0.494 e. The number of ether oxygens (including phenoxy) is 2. The van der Waals surface area contributed by atoms with E-state index < -0.39 is 13.0 Å². The molecule has 0 aliphatic rings. The first kappa shape index (κ1) is 14.9. The van der Waals surface area contributed by atoms with Crippen molar-refractivity contribution in [2.75, 3.05) is 26.4 Å². The van der Waals surface area contributed by atoms with E-state index in [0.717, 1.165) is 11.3 Å². The van der Waals surface area contributed by atoms with Crippen LogP contribution >= 0.6 is 0 Å². The predicted molar refractivity (Wildman–Crippen MR) is 66.1 cm³/mol. The van der Waals surface area contributed by atoms with E-state index in [1.54, 1.807) is 0 Å². The number of nitrogens with one attached hydrogen (secondary N) is 1. The molecular formula is C13H19F2NO2. The zero-order valence-electron chi connectivity index (χ0n) is 10.5. The molecule has 0 aliphatic heterocycles. The predicted octanol–water partition coefficient (Wildman–Crippen LogP) is 2.46. The molecule has 0 spiro atoms. The molecule has 102 valence electrons. The molecule has 0 aromatic heterocycles. The highest BCUT2D eigenvalue weighted by atomic mass is 19.3. The Morgan fingerprint density at radius 2 is 2.17 bits per heavy atom. The Labute approximate surface area is 106 Å². The Hall–Kier alpha value is -1.20. The van der Waals surface area contributed by atoms with Crippen LogP contribution in [0.25, 0.3) is 0 Å². The van der Waals surface area contributed by atoms with Gasteiger partial charge in [0.15, 0.2) is 0 Å². The number of rotatable bonds is 9. The fourth-order valence-corrected chi connectivity index (χ4v) is 1.46. The standard InChI is InChI=1S/C13H19F2NO2/c1-2-18-12-5-3-4-11(8-12)9-16-6-7-17-10-13(14)15/h3-5,8,13,16H,2,6-7,9-10H2,1H3. The van der Waals surface area contributed by atoms with Gasteiger partial charge in [-0.2, -0.15) is 0 Å². The molecule has 0 unspecified atom stereocenters. The summed E-state index contributed by atoms with van der Waals surface area (Å²) in [6.45, 7) is 3.57. The molecule has 0 heterocycles. The van der Waals surface area contributed by atoms with Crippen molar-refractivity contribution in [2.24, 2.45) is 0 Å². The molecule has 0 bridgehead atoms. The highest BCUT2D eigenvalue weighted by molar-refractivity contribution is 5.28. The molecule has 18 heavy (non-hydrogen) atoms. The van der Waals surface area contributed by atoms with E-state index >= 15 is 0 Å². The van der Waals surface area contributed by atoms with Gasteiger partial charge in [-0.15, -0.1) is 0 Å². The van der Waals surface area contributed by atoms with Gasteiger partial charge in [0.05, 0.1) is 13.2 Å². The summed E-state index contributed by atoms with van der Waals surface area (Å²) in [7, 11) is 0. The van der Waals surface area contributed by atoms with E-state index in [2.05, 4.69) is 5.32 Å². The first-order valence-electron chi connectivity index (χ1n) is 6.00. The summed E-state index contributed by atoms with van der Waals surface area (Å²) in [6.07, 6.45) is -2.40. The lowest BCUT2D eigenvalue weighted by atomic mass is 10.2. The molecule has 1 aromatic carbocycles. The molecule has 0 saturated carbocycles. The first-order valence-corrected chi connectivity index (χ1v) is 6.00. The van der Waals surface area contributed by atoms with E-state index in [9.17, 15) is 8.78 Å². The van der Waals surface area contributed by atoms with Crippen LogP contribution in [0.15, 0.2) is 24.3 Å². The van der Waals surface area contributed by atoms with E-state index in [4.69, 9.17) is 9.47 Å². The van der Waals surface area contributed by atoms with Crippen LogP contribution in [0.2, 0.25) is 0 Å². The second-order valence-electron chi connectivity index (χ2n) is 3.72. The number of alkyl halides is 2. The summed E-state index contributed by atoms with van der Waals surface area (Å²) >= 11 is 0. The highest BCUT2D eigenvalue weighted by Gasteiger charge is 2.01. The maximum absolute atomic E-state index is 11.8. The molecule has 1 N–H and O–H groups in total. The minimum atomic E-state index is -2.40. The van der Waals surface area contributed by atoms with Crippen molar-refractivity contribution in [3.63, 3.8) is 0 Å². The molecule has 0 atom stereocenters. The first-order chi connectivity index (χ1) is 8.72. The molecule has 0 saturated heterocycles. The van der Waals surface area contributed by atoms with Crippen LogP contribution in [0.1, 0.15) is 12.5 Å². The van der Waals surface area contributed by atoms with E-state index in [0.29, 0.717) is 19.7 Å². The monoisotopic (exact) mass is 259 g/mol. The fraction of sp³-hybridized carbons (Fsp3) is 0.538. The summed E-state index contributed by atoms with van der Waals surface area (Å²) < 4.78 is 33.7. The van der Waals surface area contributed by atoms with E-state index in [-0.39, 0.29) is 6.61 Å². The molecule has 1 aromatic rings. The molecule has 0 radical (unpaired) electrons. The third-order valence-corrected chi connectivity index (χ3v) is 2.21. The van der Waals surface area contributed by atoms with E-state index in [1.165, 1.54) is 0 Å². The average molecular weight is 259 g/mol. The number of halogens is 2. The number of hydrogen-bond donors (Lipinski definition) is 1. The maximum atomic E-state index is 11.8. The minimum absolute atomic E-state index is 0.287. The van der Waals surface area contributed by atoms with Crippen LogP contribution in [0.4, 0.5) is 8.78 Å². The second-order valence-corrected chi connectivity index (χ2v) is 3.72. The minimum Gasteiger partial charge on any atom is -0.494 e. The zero-order chi connectivity index (χ0) is 13.2. The maximum Gasteiger partial charge on any atom is 0.261 e. The summed E-state index contributed by atoms with van der Waals surface area (Å²) in [5, 5.41) is 3.12. The van der Waals surface area contributed by atoms with Crippen LogP contribution in [0.5, 0.6) is 5.75 Å². The third-order valence-electron chi connectivity index (χ3n) is 2.21. The fourth-order valence-electron chi connectivity index (χ4n) is 1.46. The van der Waals surface area contributed by atoms with Crippen molar-refractivity contribution in [1.82, 2.24) is 5.32 Å².